The molecule has 0 saturated heterocycles. The summed E-state index contributed by atoms with van der Waals surface area (Å²) in [5.74, 6) is 4.55. The smallest absolute Gasteiger partial charge is 0.159 e. The molecule has 5 aromatic carbocycles. The first-order valence-corrected chi connectivity index (χ1v) is 17.4. The van der Waals surface area contributed by atoms with Gasteiger partial charge in [0, 0.05) is 70.1 Å². The lowest BCUT2D eigenvalue weighted by atomic mass is 10.1. The zero-order valence-electron chi connectivity index (χ0n) is 28.0. The first-order valence-electron chi connectivity index (χ1n) is 17.0. The van der Waals surface area contributed by atoms with Crippen molar-refractivity contribution >= 4 is 55.2 Å². The van der Waals surface area contributed by atoms with Crippen molar-refractivity contribution in [3.63, 3.8) is 0 Å². The van der Waals surface area contributed by atoms with Crippen LogP contribution < -0.4 is 9.47 Å². The molecule has 0 atom stereocenters. The minimum atomic E-state index is 0.450. The Morgan fingerprint density at radius 1 is 0.415 bits per heavy atom. The molecule has 0 saturated carbocycles. The summed E-state index contributed by atoms with van der Waals surface area (Å²) in [7, 11) is 0. The number of rotatable bonds is 7. The Kier molecular flexibility index (Phi) is 7.33. The van der Waals surface area contributed by atoms with Gasteiger partial charge < -0.3 is 9.47 Å². The first-order chi connectivity index (χ1) is 26.2. The van der Waals surface area contributed by atoms with E-state index in [9.17, 15) is 0 Å². The van der Waals surface area contributed by atoms with Crippen molar-refractivity contribution in [1.82, 2.24) is 29.1 Å². The number of ether oxygens (including phenoxy) is 2. The lowest BCUT2D eigenvalue weighted by molar-refractivity contribution is 0.461. The summed E-state index contributed by atoms with van der Waals surface area (Å²) in [5.41, 5.74) is 4.80. The van der Waals surface area contributed by atoms with Crippen LogP contribution in [0.2, 0.25) is 5.02 Å². The number of para-hydroxylation sites is 2. The predicted octanol–water partition coefficient (Wildman–Crippen LogP) is 11.4. The number of hydrogen-bond donors (Lipinski definition) is 0. The molecule has 5 aromatic heterocycles. The number of aromatic nitrogens is 6. The van der Waals surface area contributed by atoms with E-state index >= 15 is 0 Å². The third-order valence-electron chi connectivity index (χ3n) is 9.28. The number of hydrogen-bond acceptors (Lipinski definition) is 6. The molecule has 8 nitrogen and oxygen atoms in total. The molecule has 0 radical (unpaired) electrons. The highest BCUT2D eigenvalue weighted by atomic mass is 35.5. The van der Waals surface area contributed by atoms with Gasteiger partial charge in [0.05, 0.1) is 27.1 Å². The van der Waals surface area contributed by atoms with E-state index in [0.717, 1.165) is 55.2 Å². The van der Waals surface area contributed by atoms with Crippen molar-refractivity contribution in [1.29, 1.82) is 0 Å². The van der Waals surface area contributed by atoms with Gasteiger partial charge in [-0.05, 0) is 72.8 Å². The molecule has 10 rings (SSSR count). The molecule has 0 fully saturated rings. The van der Waals surface area contributed by atoms with E-state index in [1.165, 1.54) is 0 Å². The molecule has 5 heterocycles. The second-order valence-corrected chi connectivity index (χ2v) is 13.0. The average Bonchev–Trinajstić information content (AvgIpc) is 3.71. The minimum absolute atomic E-state index is 0.450. The Morgan fingerprint density at radius 3 is 1.38 bits per heavy atom. The van der Waals surface area contributed by atoms with Gasteiger partial charge in [0.1, 0.15) is 34.6 Å². The molecule has 9 heteroatoms. The number of benzene rings is 5. The van der Waals surface area contributed by atoms with Crippen LogP contribution in [0.25, 0.3) is 66.6 Å². The topological polar surface area (TPSA) is 79.9 Å². The normalized spacial score (nSPS) is 11.5. The summed E-state index contributed by atoms with van der Waals surface area (Å²) < 4.78 is 17.5. The molecule has 0 bridgehead atoms. The highest BCUT2D eigenvalue weighted by Crippen LogP contribution is 2.39. The van der Waals surface area contributed by atoms with Crippen LogP contribution >= 0.6 is 11.6 Å². The van der Waals surface area contributed by atoms with Crippen molar-refractivity contribution in [2.75, 3.05) is 0 Å². The Hall–Kier alpha value is -7.03. The van der Waals surface area contributed by atoms with Crippen molar-refractivity contribution in [3.8, 4) is 46.0 Å². The van der Waals surface area contributed by atoms with E-state index in [1.807, 2.05) is 91.0 Å². The Bertz CT molecular complexity index is 2780. The maximum atomic E-state index is 6.62. The zero-order chi connectivity index (χ0) is 35.3. The zero-order valence-corrected chi connectivity index (χ0v) is 28.7. The summed E-state index contributed by atoms with van der Waals surface area (Å²) >= 11 is 6.16. The fourth-order valence-electron chi connectivity index (χ4n) is 7.05. The van der Waals surface area contributed by atoms with Gasteiger partial charge in [-0.3, -0.25) is 9.13 Å². The van der Waals surface area contributed by atoms with Crippen molar-refractivity contribution in [3.05, 3.63) is 169 Å². The van der Waals surface area contributed by atoms with Gasteiger partial charge in [-0.25, -0.2) is 19.9 Å². The lowest BCUT2D eigenvalue weighted by Crippen LogP contribution is -1.97. The third-order valence-corrected chi connectivity index (χ3v) is 9.47. The Morgan fingerprint density at radius 2 is 0.887 bits per heavy atom. The van der Waals surface area contributed by atoms with Crippen LogP contribution in [0.4, 0.5) is 0 Å². The molecule has 0 N–H and O–H groups in total. The van der Waals surface area contributed by atoms with E-state index in [1.54, 1.807) is 24.8 Å². The highest BCUT2D eigenvalue weighted by molar-refractivity contribution is 6.30. The van der Waals surface area contributed by atoms with Crippen LogP contribution in [0.5, 0.6) is 23.0 Å². The van der Waals surface area contributed by atoms with Crippen LogP contribution in [0.15, 0.2) is 164 Å². The largest absolute Gasteiger partial charge is 0.457 e. The van der Waals surface area contributed by atoms with Gasteiger partial charge in [0.2, 0.25) is 0 Å². The van der Waals surface area contributed by atoms with Gasteiger partial charge >= 0.3 is 0 Å². The molecule has 0 amide bonds. The number of pyridine rings is 2. The second-order valence-electron chi connectivity index (χ2n) is 12.6. The molecule has 0 aliphatic heterocycles. The molecule has 0 spiro atoms. The summed E-state index contributed by atoms with van der Waals surface area (Å²) in [6.07, 6.45) is 6.76. The monoisotopic (exact) mass is 706 g/mol. The molecule has 53 heavy (non-hydrogen) atoms. The highest BCUT2D eigenvalue weighted by Gasteiger charge is 2.17. The number of halogens is 1. The summed E-state index contributed by atoms with van der Waals surface area (Å²) in [4.78, 5) is 18.3. The fourth-order valence-corrected chi connectivity index (χ4v) is 7.14. The van der Waals surface area contributed by atoms with Gasteiger partial charge in [0.15, 0.2) is 5.82 Å². The van der Waals surface area contributed by atoms with E-state index < -0.39 is 0 Å². The summed E-state index contributed by atoms with van der Waals surface area (Å²) in [5, 5.41) is 4.92. The van der Waals surface area contributed by atoms with E-state index in [-0.39, 0.29) is 0 Å². The first kappa shape index (κ1) is 30.8. The Labute approximate surface area is 308 Å². The second kappa shape index (κ2) is 12.6. The maximum absolute atomic E-state index is 6.62. The van der Waals surface area contributed by atoms with Crippen LogP contribution in [0, 0.1) is 0 Å². The van der Waals surface area contributed by atoms with E-state index in [2.05, 4.69) is 77.6 Å². The molecule has 0 unspecified atom stereocenters. The number of fused-ring (bicyclic) bond motifs is 6. The molecule has 10 aromatic rings. The fraction of sp³-hybridized carbons (Fsp3) is 0. The van der Waals surface area contributed by atoms with E-state index in [0.29, 0.717) is 39.4 Å². The van der Waals surface area contributed by atoms with Crippen LogP contribution in [0.3, 0.4) is 0 Å². The Balaban J connectivity index is 1.08. The lowest BCUT2D eigenvalue weighted by Gasteiger charge is -2.13. The molecular weight excluding hydrogens is 680 g/mol. The molecule has 0 aliphatic carbocycles. The molecule has 252 valence electrons. The van der Waals surface area contributed by atoms with Crippen molar-refractivity contribution in [2.24, 2.45) is 0 Å². The summed E-state index contributed by atoms with van der Waals surface area (Å²) in [6, 6.07) is 46.4. The SMILES string of the molecule is Clc1cnc(-c2cc(Oc3ccc4c5ccccc5n(-c5ccccn5)c4c3)cc(Oc3ccc4c5ccccc5n(-c5ccccn5)c4c3)c2)nc1. The van der Waals surface area contributed by atoms with Crippen LogP contribution in [-0.2, 0) is 0 Å². The van der Waals surface area contributed by atoms with Gasteiger partial charge in [0.25, 0.3) is 0 Å². The summed E-state index contributed by atoms with van der Waals surface area (Å²) in [6.45, 7) is 0. The van der Waals surface area contributed by atoms with E-state index in [4.69, 9.17) is 21.1 Å². The van der Waals surface area contributed by atoms with Gasteiger partial charge in [-0.1, -0.05) is 60.1 Å². The standard InChI is InChI=1S/C44H27ClN6O2/c45-29-26-48-44(49-27-29)28-21-32(52-30-15-17-36-34-9-1-3-11-38(34)50(40(36)24-30)42-13-5-7-19-46-42)23-33(22-28)53-31-16-18-37-35-10-2-4-12-39(35)51(41(37)25-31)43-14-6-8-20-47-43/h1-27H. The quantitative estimate of drug-likeness (QED) is 0.164. The molecule has 0 aliphatic rings. The van der Waals surface area contributed by atoms with Crippen LogP contribution in [-0.4, -0.2) is 29.1 Å². The van der Waals surface area contributed by atoms with Crippen molar-refractivity contribution in [2.45, 2.75) is 0 Å². The maximum Gasteiger partial charge on any atom is 0.159 e. The van der Waals surface area contributed by atoms with Crippen LogP contribution in [0.1, 0.15) is 0 Å². The minimum Gasteiger partial charge on any atom is -0.457 e. The van der Waals surface area contributed by atoms with Gasteiger partial charge in [-0.15, -0.1) is 0 Å². The predicted molar refractivity (Wildman–Crippen MR) is 210 cm³/mol. The third kappa shape index (κ3) is 5.49. The van der Waals surface area contributed by atoms with Crippen molar-refractivity contribution < 1.29 is 9.47 Å². The molecular formula is C44H27ClN6O2. The number of nitrogens with zero attached hydrogens (tertiary/aromatic N) is 6. The average molecular weight is 707 g/mol. The van der Waals surface area contributed by atoms with Gasteiger partial charge in [-0.2, -0.15) is 0 Å².